The maximum Gasteiger partial charge on any atom is 0.243 e. The minimum absolute atomic E-state index is 0.200. The SMILES string of the molecule is CNCC1CCN(S(=O)(=O)c2cc(C)c(F)c(C)c2)CC1. The lowest BCUT2D eigenvalue weighted by Gasteiger charge is -2.31. The fraction of sp³-hybridized carbons (Fsp3) is 0.600. The predicted octanol–water partition coefficient (Wildman–Crippen LogP) is 2.06. The maximum absolute atomic E-state index is 13.7. The summed E-state index contributed by atoms with van der Waals surface area (Å²) in [6, 6.07) is 2.86. The fourth-order valence-corrected chi connectivity index (χ4v) is 4.49. The molecule has 0 spiro atoms. The number of piperidine rings is 1. The summed E-state index contributed by atoms with van der Waals surface area (Å²) in [5.41, 5.74) is 0.747. The number of nitrogens with one attached hydrogen (secondary N) is 1. The number of sulfonamides is 1. The van der Waals surface area contributed by atoms with Gasteiger partial charge >= 0.3 is 0 Å². The van der Waals surface area contributed by atoms with Gasteiger partial charge in [-0.15, -0.1) is 0 Å². The van der Waals surface area contributed by atoms with E-state index in [9.17, 15) is 12.8 Å². The van der Waals surface area contributed by atoms with Crippen molar-refractivity contribution in [2.75, 3.05) is 26.7 Å². The van der Waals surface area contributed by atoms with Crippen molar-refractivity contribution in [1.82, 2.24) is 9.62 Å². The van der Waals surface area contributed by atoms with Crippen LogP contribution in [0.5, 0.6) is 0 Å². The molecule has 0 atom stereocenters. The van der Waals surface area contributed by atoms with E-state index in [4.69, 9.17) is 0 Å². The first kappa shape index (κ1) is 16.4. The van der Waals surface area contributed by atoms with Crippen LogP contribution < -0.4 is 5.32 Å². The van der Waals surface area contributed by atoms with Crippen LogP contribution in [0.15, 0.2) is 17.0 Å². The molecule has 1 aromatic rings. The molecule has 1 aromatic carbocycles. The van der Waals surface area contributed by atoms with E-state index in [-0.39, 0.29) is 10.7 Å². The van der Waals surface area contributed by atoms with E-state index >= 15 is 0 Å². The van der Waals surface area contributed by atoms with Crippen molar-refractivity contribution in [2.24, 2.45) is 5.92 Å². The van der Waals surface area contributed by atoms with Crippen LogP contribution >= 0.6 is 0 Å². The van der Waals surface area contributed by atoms with Crippen molar-refractivity contribution in [1.29, 1.82) is 0 Å². The van der Waals surface area contributed by atoms with Crippen molar-refractivity contribution in [3.8, 4) is 0 Å². The molecule has 1 saturated heterocycles. The first-order valence-electron chi connectivity index (χ1n) is 7.27. The molecule has 1 aliphatic rings. The van der Waals surface area contributed by atoms with Crippen LogP contribution in [-0.4, -0.2) is 39.4 Å². The number of hydrogen-bond donors (Lipinski definition) is 1. The lowest BCUT2D eigenvalue weighted by molar-refractivity contribution is 0.270. The molecule has 1 fully saturated rings. The van der Waals surface area contributed by atoms with Gasteiger partial charge in [0.2, 0.25) is 10.0 Å². The standard InChI is InChI=1S/C15H23FN2O2S/c1-11-8-14(9-12(2)15(11)16)21(19,20)18-6-4-13(5-7-18)10-17-3/h8-9,13,17H,4-7,10H2,1-3H3. The van der Waals surface area contributed by atoms with Gasteiger partial charge in [0, 0.05) is 13.1 Å². The zero-order valence-corrected chi connectivity index (χ0v) is 13.6. The van der Waals surface area contributed by atoms with E-state index in [1.54, 1.807) is 13.8 Å². The number of benzene rings is 1. The highest BCUT2D eigenvalue weighted by molar-refractivity contribution is 7.89. The van der Waals surface area contributed by atoms with Crippen LogP contribution in [-0.2, 0) is 10.0 Å². The quantitative estimate of drug-likeness (QED) is 0.925. The average Bonchev–Trinajstić information content (AvgIpc) is 2.45. The summed E-state index contributed by atoms with van der Waals surface area (Å²) in [6.07, 6.45) is 1.72. The van der Waals surface area contributed by atoms with Crippen LogP contribution in [0.25, 0.3) is 0 Å². The average molecular weight is 314 g/mol. The third kappa shape index (κ3) is 3.44. The molecule has 0 unspecified atom stereocenters. The Morgan fingerprint density at radius 3 is 2.24 bits per heavy atom. The molecule has 4 nitrogen and oxygen atoms in total. The third-order valence-electron chi connectivity index (χ3n) is 4.11. The van der Waals surface area contributed by atoms with Crippen molar-refractivity contribution in [3.05, 3.63) is 29.1 Å². The molecule has 21 heavy (non-hydrogen) atoms. The normalized spacial score (nSPS) is 18.1. The zero-order valence-electron chi connectivity index (χ0n) is 12.8. The van der Waals surface area contributed by atoms with Crippen LogP contribution in [0.4, 0.5) is 4.39 Å². The molecule has 1 aliphatic heterocycles. The molecule has 0 aliphatic carbocycles. The van der Waals surface area contributed by atoms with Crippen molar-refractivity contribution < 1.29 is 12.8 Å². The summed E-state index contributed by atoms with van der Waals surface area (Å²) in [5.74, 6) is 0.194. The Kier molecular flexibility index (Phi) is 5.01. The number of nitrogens with zero attached hydrogens (tertiary/aromatic N) is 1. The molecule has 0 amide bonds. The first-order valence-corrected chi connectivity index (χ1v) is 8.71. The smallest absolute Gasteiger partial charge is 0.243 e. The van der Waals surface area contributed by atoms with E-state index in [0.717, 1.165) is 19.4 Å². The lowest BCUT2D eigenvalue weighted by atomic mass is 9.98. The number of rotatable bonds is 4. The highest BCUT2D eigenvalue weighted by atomic mass is 32.2. The van der Waals surface area contributed by atoms with Gasteiger partial charge in [-0.3, -0.25) is 0 Å². The summed E-state index contributed by atoms with van der Waals surface area (Å²) >= 11 is 0. The van der Waals surface area contributed by atoms with Crippen molar-refractivity contribution in [3.63, 3.8) is 0 Å². The first-order chi connectivity index (χ1) is 9.86. The Hall–Kier alpha value is -0.980. The van der Waals surface area contributed by atoms with Crippen LogP contribution in [0.3, 0.4) is 0 Å². The third-order valence-corrected chi connectivity index (χ3v) is 5.99. The minimum atomic E-state index is -3.52. The monoisotopic (exact) mass is 314 g/mol. The molecule has 118 valence electrons. The molecule has 0 radical (unpaired) electrons. The Labute approximate surface area is 126 Å². The van der Waals surface area contributed by atoms with E-state index in [1.807, 2.05) is 7.05 Å². The molecule has 1 heterocycles. The van der Waals surface area contributed by atoms with E-state index in [0.29, 0.717) is 30.1 Å². The Morgan fingerprint density at radius 1 is 1.24 bits per heavy atom. The second kappa shape index (κ2) is 6.42. The summed E-state index contributed by atoms with van der Waals surface area (Å²) in [4.78, 5) is 0.200. The zero-order chi connectivity index (χ0) is 15.6. The van der Waals surface area contributed by atoms with Gasteiger partial charge in [0.05, 0.1) is 4.90 Å². The van der Waals surface area contributed by atoms with Crippen LogP contribution in [0, 0.1) is 25.6 Å². The van der Waals surface area contributed by atoms with Gasteiger partial charge in [0.15, 0.2) is 0 Å². The van der Waals surface area contributed by atoms with Gasteiger partial charge < -0.3 is 5.32 Å². The maximum atomic E-state index is 13.7. The van der Waals surface area contributed by atoms with E-state index < -0.39 is 10.0 Å². The molecule has 0 saturated carbocycles. The van der Waals surface area contributed by atoms with Gasteiger partial charge in [-0.05, 0) is 69.5 Å². The second-order valence-corrected chi connectivity index (χ2v) is 7.71. The topological polar surface area (TPSA) is 49.4 Å². The molecule has 2 rings (SSSR count). The fourth-order valence-electron chi connectivity index (χ4n) is 2.85. The molecular weight excluding hydrogens is 291 g/mol. The number of halogens is 1. The summed E-state index contributed by atoms with van der Waals surface area (Å²) in [7, 11) is -1.61. The highest BCUT2D eigenvalue weighted by Gasteiger charge is 2.29. The lowest BCUT2D eigenvalue weighted by Crippen LogP contribution is -2.40. The summed E-state index contributed by atoms with van der Waals surface area (Å²) < 4.78 is 40.5. The summed E-state index contributed by atoms with van der Waals surface area (Å²) in [6.45, 7) is 5.18. The second-order valence-electron chi connectivity index (χ2n) is 5.78. The van der Waals surface area contributed by atoms with E-state index in [2.05, 4.69) is 5.32 Å². The van der Waals surface area contributed by atoms with Crippen molar-refractivity contribution in [2.45, 2.75) is 31.6 Å². The van der Waals surface area contributed by atoms with Crippen molar-refractivity contribution >= 4 is 10.0 Å². The largest absolute Gasteiger partial charge is 0.319 e. The van der Waals surface area contributed by atoms with Gasteiger partial charge in [-0.2, -0.15) is 4.31 Å². The molecule has 0 aromatic heterocycles. The highest BCUT2D eigenvalue weighted by Crippen LogP contribution is 2.26. The molecule has 6 heteroatoms. The van der Waals surface area contributed by atoms with Crippen LogP contribution in [0.2, 0.25) is 0 Å². The Morgan fingerprint density at radius 2 is 1.76 bits per heavy atom. The Bertz CT molecular complexity index is 585. The minimum Gasteiger partial charge on any atom is -0.319 e. The van der Waals surface area contributed by atoms with E-state index in [1.165, 1.54) is 16.4 Å². The van der Waals surface area contributed by atoms with Crippen LogP contribution in [0.1, 0.15) is 24.0 Å². The molecule has 1 N–H and O–H groups in total. The molecule has 0 bridgehead atoms. The van der Waals surface area contributed by atoms with Gasteiger partial charge in [-0.25, -0.2) is 12.8 Å². The Balaban J connectivity index is 2.20. The summed E-state index contributed by atoms with van der Waals surface area (Å²) in [5, 5.41) is 3.13. The van der Waals surface area contributed by atoms with Gasteiger partial charge in [0.25, 0.3) is 0 Å². The number of aryl methyl sites for hydroxylation is 2. The van der Waals surface area contributed by atoms with Gasteiger partial charge in [-0.1, -0.05) is 0 Å². The predicted molar refractivity (Wildman–Crippen MR) is 81.3 cm³/mol. The molecular formula is C15H23FN2O2S. The number of hydrogen-bond acceptors (Lipinski definition) is 3. The van der Waals surface area contributed by atoms with Gasteiger partial charge in [0.1, 0.15) is 5.82 Å².